The Bertz CT molecular complexity index is 599. The first-order chi connectivity index (χ1) is 8.08. The summed E-state index contributed by atoms with van der Waals surface area (Å²) in [5.41, 5.74) is 12.0. The summed E-state index contributed by atoms with van der Waals surface area (Å²) < 4.78 is 0. The molecular weight excluding hydrogens is 240 g/mol. The highest BCUT2D eigenvalue weighted by Crippen LogP contribution is 2.26. The summed E-state index contributed by atoms with van der Waals surface area (Å²) in [6, 6.07) is 5.55. The van der Waals surface area contributed by atoms with E-state index in [4.69, 9.17) is 23.1 Å². The highest BCUT2D eigenvalue weighted by molar-refractivity contribution is 6.35. The predicted octanol–water partition coefficient (Wildman–Crippen LogP) is 1.16. The van der Waals surface area contributed by atoms with Gasteiger partial charge in [-0.05, 0) is 11.6 Å². The molecule has 0 aliphatic carbocycles. The number of hydrogen-bond donors (Lipinski definition) is 3. The van der Waals surface area contributed by atoms with E-state index in [0.717, 1.165) is 16.5 Å². The van der Waals surface area contributed by atoms with Gasteiger partial charge in [-0.25, -0.2) is 0 Å². The zero-order valence-corrected chi connectivity index (χ0v) is 9.66. The number of amides is 1. The van der Waals surface area contributed by atoms with Gasteiger partial charge in [0, 0.05) is 17.1 Å². The topological polar surface area (TPSA) is 97.3 Å². The van der Waals surface area contributed by atoms with Crippen molar-refractivity contribution in [3.8, 4) is 0 Å². The highest BCUT2D eigenvalue weighted by Gasteiger charge is 2.10. The lowest BCUT2D eigenvalue weighted by molar-refractivity contribution is -0.117. The van der Waals surface area contributed by atoms with Crippen molar-refractivity contribution in [1.29, 1.82) is 0 Å². The van der Waals surface area contributed by atoms with Crippen LogP contribution in [0.2, 0.25) is 5.02 Å². The van der Waals surface area contributed by atoms with Crippen LogP contribution in [0.15, 0.2) is 29.4 Å². The number of aliphatic imine (C=N–C) groups is 1. The molecule has 0 aliphatic rings. The summed E-state index contributed by atoms with van der Waals surface area (Å²) >= 11 is 6.04. The predicted molar refractivity (Wildman–Crippen MR) is 67.8 cm³/mol. The second kappa shape index (κ2) is 4.47. The molecule has 0 radical (unpaired) electrons. The summed E-state index contributed by atoms with van der Waals surface area (Å²) in [6.45, 7) is 0. The maximum atomic E-state index is 11.5. The molecule has 5 nitrogen and oxygen atoms in total. The van der Waals surface area contributed by atoms with Crippen molar-refractivity contribution in [3.05, 3.63) is 35.0 Å². The zero-order chi connectivity index (χ0) is 12.4. The Labute approximate surface area is 102 Å². The molecule has 0 atom stereocenters. The van der Waals surface area contributed by atoms with Gasteiger partial charge in [0.05, 0.1) is 11.4 Å². The Hall–Kier alpha value is -2.01. The van der Waals surface area contributed by atoms with Crippen molar-refractivity contribution in [2.45, 2.75) is 6.42 Å². The van der Waals surface area contributed by atoms with Gasteiger partial charge in [0.1, 0.15) is 0 Å². The van der Waals surface area contributed by atoms with Gasteiger partial charge in [0.2, 0.25) is 0 Å². The van der Waals surface area contributed by atoms with Crippen LogP contribution in [0.5, 0.6) is 0 Å². The molecule has 5 N–H and O–H groups in total. The molecule has 0 spiro atoms. The van der Waals surface area contributed by atoms with Crippen LogP contribution in [0, 0.1) is 0 Å². The maximum Gasteiger partial charge on any atom is 0.253 e. The van der Waals surface area contributed by atoms with Crippen LogP contribution in [0.3, 0.4) is 0 Å². The van der Waals surface area contributed by atoms with E-state index in [0.29, 0.717) is 5.02 Å². The summed E-state index contributed by atoms with van der Waals surface area (Å²) in [4.78, 5) is 18.0. The number of nitrogens with two attached hydrogens (primary N) is 2. The van der Waals surface area contributed by atoms with E-state index in [2.05, 4.69) is 9.98 Å². The average Bonchev–Trinajstić information content (AvgIpc) is 2.60. The number of halogens is 1. The first-order valence-electron chi connectivity index (χ1n) is 4.95. The third-order valence-corrected chi connectivity index (χ3v) is 2.64. The standard InChI is InChI=1S/C11H11ClN4O/c12-7-5-15-8-3-1-2-6(10(7)8)4-9(17)16-11(13)14/h1-3,5,15H,4H2,(H4,13,14,16,17). The van der Waals surface area contributed by atoms with Crippen LogP contribution in [0.4, 0.5) is 0 Å². The van der Waals surface area contributed by atoms with Gasteiger partial charge in [-0.2, -0.15) is 4.99 Å². The Kier molecular flexibility index (Phi) is 3.01. The van der Waals surface area contributed by atoms with Crippen molar-refractivity contribution in [3.63, 3.8) is 0 Å². The van der Waals surface area contributed by atoms with Crippen molar-refractivity contribution in [2.24, 2.45) is 16.5 Å². The Morgan fingerprint density at radius 3 is 2.88 bits per heavy atom. The Balaban J connectivity index is 2.39. The van der Waals surface area contributed by atoms with Crippen LogP contribution >= 0.6 is 11.6 Å². The van der Waals surface area contributed by atoms with E-state index in [1.54, 1.807) is 6.20 Å². The number of H-pyrrole nitrogens is 1. The Morgan fingerprint density at radius 1 is 1.41 bits per heavy atom. The lowest BCUT2D eigenvalue weighted by Crippen LogP contribution is -2.24. The number of fused-ring (bicyclic) bond motifs is 1. The number of aromatic amines is 1. The fraction of sp³-hybridized carbons (Fsp3) is 0.0909. The lowest BCUT2D eigenvalue weighted by atomic mass is 10.1. The molecule has 88 valence electrons. The van der Waals surface area contributed by atoms with E-state index < -0.39 is 5.91 Å². The number of nitrogens with one attached hydrogen (secondary N) is 1. The number of rotatable bonds is 2. The summed E-state index contributed by atoms with van der Waals surface area (Å²) in [6.07, 6.45) is 1.80. The summed E-state index contributed by atoms with van der Waals surface area (Å²) in [5, 5.41) is 1.40. The van der Waals surface area contributed by atoms with Gasteiger partial charge in [0.25, 0.3) is 5.91 Å². The van der Waals surface area contributed by atoms with E-state index in [1.807, 2.05) is 18.2 Å². The fourth-order valence-electron chi connectivity index (χ4n) is 1.71. The number of benzene rings is 1. The minimum absolute atomic E-state index is 0.118. The molecule has 17 heavy (non-hydrogen) atoms. The highest BCUT2D eigenvalue weighted by atomic mass is 35.5. The normalized spacial score (nSPS) is 10.4. The number of nitrogens with zero attached hydrogens (tertiary/aromatic N) is 1. The average molecular weight is 251 g/mol. The van der Waals surface area contributed by atoms with Gasteiger partial charge in [-0.15, -0.1) is 0 Å². The molecule has 1 amide bonds. The van der Waals surface area contributed by atoms with Crippen molar-refractivity contribution >= 4 is 34.4 Å². The molecule has 0 unspecified atom stereocenters. The largest absolute Gasteiger partial charge is 0.370 e. The molecule has 0 saturated carbocycles. The monoisotopic (exact) mass is 250 g/mol. The molecule has 0 fully saturated rings. The van der Waals surface area contributed by atoms with E-state index >= 15 is 0 Å². The molecule has 0 bridgehead atoms. The van der Waals surface area contributed by atoms with Crippen LogP contribution < -0.4 is 11.5 Å². The quantitative estimate of drug-likeness (QED) is 0.551. The first kappa shape index (κ1) is 11.5. The fourth-order valence-corrected chi connectivity index (χ4v) is 1.99. The number of carbonyl (C=O) groups excluding carboxylic acids is 1. The lowest BCUT2D eigenvalue weighted by Gasteiger charge is -2.01. The minimum Gasteiger partial charge on any atom is -0.370 e. The van der Waals surface area contributed by atoms with E-state index in [9.17, 15) is 4.79 Å². The van der Waals surface area contributed by atoms with Crippen LogP contribution in [-0.2, 0) is 11.2 Å². The molecule has 1 aromatic carbocycles. The van der Waals surface area contributed by atoms with Crippen LogP contribution in [-0.4, -0.2) is 16.9 Å². The molecule has 1 aromatic heterocycles. The van der Waals surface area contributed by atoms with Crippen LogP contribution in [0.25, 0.3) is 10.9 Å². The second-order valence-electron chi connectivity index (χ2n) is 3.58. The van der Waals surface area contributed by atoms with Crippen molar-refractivity contribution < 1.29 is 4.79 Å². The zero-order valence-electron chi connectivity index (χ0n) is 8.90. The van der Waals surface area contributed by atoms with Gasteiger partial charge >= 0.3 is 0 Å². The molecule has 0 saturated heterocycles. The summed E-state index contributed by atoms with van der Waals surface area (Å²) in [5.74, 6) is -0.628. The number of hydrogen-bond acceptors (Lipinski definition) is 1. The third kappa shape index (κ3) is 2.39. The molecule has 2 aromatic rings. The molecule has 2 rings (SSSR count). The second-order valence-corrected chi connectivity index (χ2v) is 3.99. The van der Waals surface area contributed by atoms with Gasteiger partial charge < -0.3 is 16.5 Å². The molecular formula is C11H11ClN4O. The minimum atomic E-state index is -0.394. The van der Waals surface area contributed by atoms with Crippen molar-refractivity contribution in [1.82, 2.24) is 4.98 Å². The van der Waals surface area contributed by atoms with Gasteiger partial charge in [-0.1, -0.05) is 23.7 Å². The Morgan fingerprint density at radius 2 is 2.18 bits per heavy atom. The maximum absolute atomic E-state index is 11.5. The number of guanidine groups is 1. The molecule has 1 heterocycles. The summed E-state index contributed by atoms with van der Waals surface area (Å²) in [7, 11) is 0. The first-order valence-corrected chi connectivity index (χ1v) is 5.32. The van der Waals surface area contributed by atoms with Crippen molar-refractivity contribution in [2.75, 3.05) is 0 Å². The van der Waals surface area contributed by atoms with Gasteiger partial charge in [-0.3, -0.25) is 4.79 Å². The van der Waals surface area contributed by atoms with E-state index in [1.165, 1.54) is 0 Å². The van der Waals surface area contributed by atoms with Gasteiger partial charge in [0.15, 0.2) is 5.96 Å². The van der Waals surface area contributed by atoms with E-state index in [-0.39, 0.29) is 12.4 Å². The van der Waals surface area contributed by atoms with Crippen LogP contribution in [0.1, 0.15) is 5.56 Å². The number of aromatic nitrogens is 1. The molecule has 0 aliphatic heterocycles. The SMILES string of the molecule is NC(N)=NC(=O)Cc1cccc2[nH]cc(Cl)c12. The molecule has 6 heteroatoms. The number of carbonyl (C=O) groups is 1. The third-order valence-electron chi connectivity index (χ3n) is 2.34. The smallest absolute Gasteiger partial charge is 0.253 e.